The lowest BCUT2D eigenvalue weighted by Gasteiger charge is -2.23. The molecule has 0 saturated heterocycles. The normalized spacial score (nSPS) is 13.4. The number of hydrogen-bond donors (Lipinski definition) is 0. The van der Waals surface area contributed by atoms with Crippen molar-refractivity contribution in [2.24, 2.45) is 0 Å². The number of nitrogens with zero attached hydrogens (tertiary/aromatic N) is 2. The molecule has 0 aliphatic heterocycles. The van der Waals surface area contributed by atoms with Gasteiger partial charge in [-0.2, -0.15) is 0 Å². The summed E-state index contributed by atoms with van der Waals surface area (Å²) >= 11 is 18.4. The molecule has 0 saturated carbocycles. The van der Waals surface area contributed by atoms with Crippen LogP contribution in [0.1, 0.15) is 22.7 Å². The Morgan fingerprint density at radius 2 is 1.67 bits per heavy atom. The maximum absolute atomic E-state index is 12.4. The minimum absolute atomic E-state index is 0.518. The van der Waals surface area contributed by atoms with Gasteiger partial charge in [-0.3, -0.25) is 0 Å². The molecule has 138 valence electrons. The molecule has 2 atom stereocenters. The number of esters is 1. The van der Waals surface area contributed by atoms with E-state index in [-0.39, 0.29) is 0 Å². The van der Waals surface area contributed by atoms with Crippen molar-refractivity contribution < 1.29 is 9.53 Å². The highest BCUT2D eigenvalue weighted by Gasteiger charge is 2.26. The number of carbonyl (C=O) groups is 1. The number of benzene rings is 2. The maximum Gasteiger partial charge on any atom is 0.331 e. The third kappa shape index (κ3) is 5.36. The van der Waals surface area contributed by atoms with Crippen molar-refractivity contribution in [2.45, 2.75) is 11.6 Å². The minimum atomic E-state index is -0.722. The van der Waals surface area contributed by atoms with Gasteiger partial charge in [0.2, 0.25) is 0 Å². The zero-order chi connectivity index (χ0) is 19.2. The second-order valence-corrected chi connectivity index (χ2v) is 7.00. The monoisotopic (exact) mass is 420 g/mol. The summed E-state index contributed by atoms with van der Waals surface area (Å²) in [6.07, 6.45) is 7.16. The van der Waals surface area contributed by atoms with E-state index in [1.165, 1.54) is 6.08 Å². The highest BCUT2D eigenvalue weighted by atomic mass is 35.5. The Morgan fingerprint density at radius 3 is 2.26 bits per heavy atom. The summed E-state index contributed by atoms with van der Waals surface area (Å²) in [6.45, 7) is 0. The predicted octanol–water partition coefficient (Wildman–Crippen LogP) is 5.93. The third-order valence-corrected chi connectivity index (χ3v) is 4.74. The second-order valence-electron chi connectivity index (χ2n) is 5.68. The van der Waals surface area contributed by atoms with E-state index >= 15 is 0 Å². The lowest BCUT2D eigenvalue weighted by Crippen LogP contribution is -2.18. The summed E-state index contributed by atoms with van der Waals surface area (Å²) in [5, 5.41) is 1.21. The highest BCUT2D eigenvalue weighted by Crippen LogP contribution is 2.34. The number of halogens is 3. The van der Waals surface area contributed by atoms with Crippen LogP contribution < -0.4 is 0 Å². The van der Waals surface area contributed by atoms with Crippen molar-refractivity contribution in [3.05, 3.63) is 94.5 Å². The first kappa shape index (κ1) is 19.5. The summed E-state index contributed by atoms with van der Waals surface area (Å²) in [7, 11) is 0. The van der Waals surface area contributed by atoms with Gasteiger partial charge in [-0.1, -0.05) is 59.1 Å². The van der Waals surface area contributed by atoms with Gasteiger partial charge in [0.25, 0.3) is 0 Å². The second kappa shape index (κ2) is 9.09. The van der Waals surface area contributed by atoms with Gasteiger partial charge in [0.05, 0.1) is 6.33 Å². The summed E-state index contributed by atoms with van der Waals surface area (Å²) in [5.41, 5.74) is 0.888. The van der Waals surface area contributed by atoms with Gasteiger partial charge in [-0.15, -0.1) is 0 Å². The molecule has 0 radical (unpaired) electrons. The highest BCUT2D eigenvalue weighted by molar-refractivity contribution is 6.30. The molecular weight excluding hydrogens is 407 g/mol. The lowest BCUT2D eigenvalue weighted by molar-refractivity contribution is -0.144. The van der Waals surface area contributed by atoms with E-state index in [1.54, 1.807) is 77.9 Å². The topological polar surface area (TPSA) is 44.1 Å². The van der Waals surface area contributed by atoms with Crippen molar-refractivity contribution >= 4 is 46.8 Å². The SMILES string of the molecule is O=C(C=Cc1ccc(Cl)cc1)OC(c1ccc(Cl)cc1)C(Cl)n1ccnc1. The Balaban J connectivity index is 1.79. The van der Waals surface area contributed by atoms with Gasteiger partial charge in [-0.05, 0) is 41.5 Å². The maximum atomic E-state index is 12.4. The number of rotatable bonds is 6. The molecule has 2 unspecified atom stereocenters. The van der Waals surface area contributed by atoms with Gasteiger partial charge in [-0.25, -0.2) is 9.78 Å². The standard InChI is InChI=1S/C20H15Cl3N2O2/c21-16-6-1-14(2-7-16)3-10-18(26)27-19(15-4-8-17(22)9-5-15)20(23)25-12-11-24-13-25/h1-13,19-20H. The summed E-state index contributed by atoms with van der Waals surface area (Å²) < 4.78 is 7.30. The Labute approximate surface area is 172 Å². The molecule has 3 aromatic rings. The molecule has 0 amide bonds. The molecule has 0 bridgehead atoms. The van der Waals surface area contributed by atoms with Crippen LogP contribution in [0.5, 0.6) is 0 Å². The molecule has 0 N–H and O–H groups in total. The fourth-order valence-corrected chi connectivity index (χ4v) is 2.97. The van der Waals surface area contributed by atoms with E-state index in [0.29, 0.717) is 10.0 Å². The first-order chi connectivity index (χ1) is 13.0. The molecule has 0 aliphatic rings. The van der Waals surface area contributed by atoms with E-state index in [9.17, 15) is 4.79 Å². The largest absolute Gasteiger partial charge is 0.451 e. The Bertz CT molecular complexity index is 907. The van der Waals surface area contributed by atoms with E-state index in [0.717, 1.165) is 11.1 Å². The Morgan fingerprint density at radius 1 is 1.04 bits per heavy atom. The average Bonchev–Trinajstić information content (AvgIpc) is 3.21. The number of alkyl halides is 1. The molecule has 1 heterocycles. The fourth-order valence-electron chi connectivity index (χ4n) is 2.41. The van der Waals surface area contributed by atoms with Crippen LogP contribution >= 0.6 is 34.8 Å². The Kier molecular flexibility index (Phi) is 6.56. The van der Waals surface area contributed by atoms with E-state index < -0.39 is 17.6 Å². The van der Waals surface area contributed by atoms with Crippen LogP contribution in [-0.2, 0) is 9.53 Å². The lowest BCUT2D eigenvalue weighted by atomic mass is 10.1. The summed E-state index contributed by atoms with van der Waals surface area (Å²) in [5.74, 6) is -0.518. The number of hydrogen-bond acceptors (Lipinski definition) is 3. The molecule has 7 heteroatoms. The molecule has 0 spiro atoms. The first-order valence-electron chi connectivity index (χ1n) is 8.04. The van der Waals surface area contributed by atoms with Crippen LogP contribution in [0, 0.1) is 0 Å². The van der Waals surface area contributed by atoms with Gasteiger partial charge >= 0.3 is 5.97 Å². The smallest absolute Gasteiger partial charge is 0.331 e. The van der Waals surface area contributed by atoms with Crippen molar-refractivity contribution in [2.75, 3.05) is 0 Å². The van der Waals surface area contributed by atoms with Crippen LogP contribution in [0.25, 0.3) is 6.08 Å². The third-order valence-electron chi connectivity index (χ3n) is 3.78. The van der Waals surface area contributed by atoms with Crippen LogP contribution in [0.15, 0.2) is 73.3 Å². The van der Waals surface area contributed by atoms with Gasteiger partial charge in [0, 0.05) is 28.5 Å². The number of aromatic nitrogens is 2. The Hall–Kier alpha value is -2.27. The molecule has 4 nitrogen and oxygen atoms in total. The fraction of sp³-hybridized carbons (Fsp3) is 0.100. The van der Waals surface area contributed by atoms with Crippen molar-refractivity contribution in [1.29, 1.82) is 0 Å². The number of ether oxygens (including phenoxy) is 1. The van der Waals surface area contributed by atoms with Gasteiger partial charge < -0.3 is 9.30 Å². The number of imidazole rings is 1. The molecular formula is C20H15Cl3N2O2. The van der Waals surface area contributed by atoms with Crippen molar-refractivity contribution in [3.8, 4) is 0 Å². The van der Waals surface area contributed by atoms with Crippen LogP contribution in [0.4, 0.5) is 0 Å². The van der Waals surface area contributed by atoms with Gasteiger partial charge in [0.15, 0.2) is 6.10 Å². The molecule has 27 heavy (non-hydrogen) atoms. The molecule has 0 aliphatic carbocycles. The zero-order valence-electron chi connectivity index (χ0n) is 14.0. The van der Waals surface area contributed by atoms with Crippen LogP contribution in [0.2, 0.25) is 10.0 Å². The quantitative estimate of drug-likeness (QED) is 0.282. The minimum Gasteiger partial charge on any atom is -0.451 e. The zero-order valence-corrected chi connectivity index (χ0v) is 16.3. The number of carbonyl (C=O) groups excluding carboxylic acids is 1. The van der Waals surface area contributed by atoms with Crippen molar-refractivity contribution in [1.82, 2.24) is 9.55 Å². The predicted molar refractivity (Wildman–Crippen MR) is 108 cm³/mol. The van der Waals surface area contributed by atoms with Crippen LogP contribution in [0.3, 0.4) is 0 Å². The molecule has 1 aromatic heterocycles. The molecule has 2 aromatic carbocycles. The van der Waals surface area contributed by atoms with E-state index in [4.69, 9.17) is 39.5 Å². The van der Waals surface area contributed by atoms with E-state index in [2.05, 4.69) is 4.98 Å². The van der Waals surface area contributed by atoms with E-state index in [1.807, 2.05) is 0 Å². The van der Waals surface area contributed by atoms with Crippen LogP contribution in [-0.4, -0.2) is 15.5 Å². The van der Waals surface area contributed by atoms with Crippen molar-refractivity contribution in [3.63, 3.8) is 0 Å². The average molecular weight is 422 g/mol. The van der Waals surface area contributed by atoms with Gasteiger partial charge in [0.1, 0.15) is 5.50 Å². The summed E-state index contributed by atoms with van der Waals surface area (Å²) in [6, 6.07) is 14.1. The molecule has 0 fully saturated rings. The molecule has 3 rings (SSSR count). The summed E-state index contributed by atoms with van der Waals surface area (Å²) in [4.78, 5) is 16.4. The first-order valence-corrected chi connectivity index (χ1v) is 9.23.